The Balaban J connectivity index is 1.51. The summed E-state index contributed by atoms with van der Waals surface area (Å²) in [6.45, 7) is 6.23. The summed E-state index contributed by atoms with van der Waals surface area (Å²) in [6.07, 6.45) is 3.32. The van der Waals surface area contributed by atoms with Gasteiger partial charge in [-0.05, 0) is 87.2 Å². The molecular weight excluding hydrogens is 548 g/mol. The average Bonchev–Trinajstić information content (AvgIpc) is 3.24. The number of aromatic nitrogens is 2. The molecule has 2 heterocycles. The van der Waals surface area contributed by atoms with Crippen LogP contribution < -0.4 is 4.31 Å². The molecule has 9 heteroatoms. The molecule has 0 saturated carbocycles. The number of hydrogen-bond acceptors (Lipinski definition) is 6. The zero-order valence-electron chi connectivity index (χ0n) is 23.9. The zero-order valence-corrected chi connectivity index (χ0v) is 24.7. The fourth-order valence-corrected chi connectivity index (χ4v) is 6.88. The molecular formula is C33H32N4O4S. The first-order valence-electron chi connectivity index (χ1n) is 13.8. The third-order valence-electron chi connectivity index (χ3n) is 7.58. The highest BCUT2D eigenvalue weighted by molar-refractivity contribution is 7.93. The Morgan fingerprint density at radius 3 is 2.55 bits per heavy atom. The normalized spacial score (nSPS) is 11.5. The summed E-state index contributed by atoms with van der Waals surface area (Å²) in [5.74, 6) is -0.636. The van der Waals surface area contributed by atoms with Crippen molar-refractivity contribution in [3.8, 4) is 6.07 Å². The quantitative estimate of drug-likeness (QED) is 0.186. The number of esters is 1. The van der Waals surface area contributed by atoms with Crippen LogP contribution in [0.25, 0.3) is 21.8 Å². The Morgan fingerprint density at radius 2 is 1.81 bits per heavy atom. The molecule has 0 unspecified atom stereocenters. The predicted molar refractivity (Wildman–Crippen MR) is 164 cm³/mol. The average molecular weight is 581 g/mol. The highest BCUT2D eigenvalue weighted by atomic mass is 32.2. The minimum Gasteiger partial charge on any atom is -0.465 e. The summed E-state index contributed by atoms with van der Waals surface area (Å²) in [6, 6.07) is 23.8. The second kappa shape index (κ2) is 12.0. The Bertz CT molecular complexity index is 1920. The lowest BCUT2D eigenvalue weighted by atomic mass is 10.1. The molecule has 0 N–H and O–H groups in total. The van der Waals surface area contributed by atoms with E-state index in [4.69, 9.17) is 10.00 Å². The smallest absolute Gasteiger partial charge is 0.326 e. The highest BCUT2D eigenvalue weighted by Gasteiger charge is 2.30. The molecule has 0 fully saturated rings. The van der Waals surface area contributed by atoms with E-state index >= 15 is 0 Å². The summed E-state index contributed by atoms with van der Waals surface area (Å²) in [5, 5.41) is 10.6. The van der Waals surface area contributed by atoms with Gasteiger partial charge in [-0.3, -0.25) is 14.1 Å². The Kier molecular flexibility index (Phi) is 8.27. The van der Waals surface area contributed by atoms with Gasteiger partial charge in [0.15, 0.2) is 0 Å². The van der Waals surface area contributed by atoms with Gasteiger partial charge in [0.05, 0.1) is 29.4 Å². The standard InChI is InChI=1S/C33H32N4O4S/c1-4-41-32(38)22-37(42(39,40)31-11-5-9-27-10-6-18-35-33(27)31)28-16-17-30-29(20-28)23(2)24(3)36(30)19-7-8-25-12-14-26(21-34)15-13-25/h5-6,9-18,20H,4,7-8,19,22H2,1-3H3. The molecule has 0 atom stereocenters. The zero-order chi connectivity index (χ0) is 29.9. The number of fused-ring (bicyclic) bond motifs is 2. The Hall–Kier alpha value is -4.68. The maximum atomic E-state index is 14.2. The topological polar surface area (TPSA) is 105 Å². The van der Waals surface area contributed by atoms with Crippen LogP contribution in [0.3, 0.4) is 0 Å². The number of nitrogens with zero attached hydrogens (tertiary/aromatic N) is 4. The van der Waals surface area contributed by atoms with E-state index in [0.717, 1.165) is 45.9 Å². The summed E-state index contributed by atoms with van der Waals surface area (Å²) in [4.78, 5) is 17.0. The molecule has 2 aromatic heterocycles. The van der Waals surface area contributed by atoms with Crippen LogP contribution in [0, 0.1) is 25.2 Å². The number of anilines is 1. The van der Waals surface area contributed by atoms with Crippen molar-refractivity contribution in [2.75, 3.05) is 17.5 Å². The van der Waals surface area contributed by atoms with Crippen LogP contribution in [0.2, 0.25) is 0 Å². The molecule has 0 saturated heterocycles. The van der Waals surface area contributed by atoms with Crippen molar-refractivity contribution in [1.82, 2.24) is 9.55 Å². The summed E-state index contributed by atoms with van der Waals surface area (Å²) in [7, 11) is -4.19. The number of carbonyl (C=O) groups is 1. The van der Waals surface area contributed by atoms with Gasteiger partial charge in [0.1, 0.15) is 11.4 Å². The predicted octanol–water partition coefficient (Wildman–Crippen LogP) is 6.07. The van der Waals surface area contributed by atoms with Gasteiger partial charge in [-0.2, -0.15) is 5.26 Å². The van der Waals surface area contributed by atoms with E-state index < -0.39 is 22.5 Å². The maximum Gasteiger partial charge on any atom is 0.326 e. The van der Waals surface area contributed by atoms with Gasteiger partial charge in [-0.1, -0.05) is 30.3 Å². The van der Waals surface area contributed by atoms with Gasteiger partial charge >= 0.3 is 5.97 Å². The first-order valence-corrected chi connectivity index (χ1v) is 15.3. The number of sulfonamides is 1. The fraction of sp³-hybridized carbons (Fsp3) is 0.242. The third-order valence-corrected chi connectivity index (χ3v) is 9.39. The van der Waals surface area contributed by atoms with Gasteiger partial charge < -0.3 is 9.30 Å². The second-order valence-electron chi connectivity index (χ2n) is 10.1. The lowest BCUT2D eigenvalue weighted by molar-refractivity contribution is -0.141. The monoisotopic (exact) mass is 580 g/mol. The number of nitriles is 1. The summed E-state index contributed by atoms with van der Waals surface area (Å²) >= 11 is 0. The molecule has 8 nitrogen and oxygen atoms in total. The molecule has 214 valence electrons. The molecule has 0 radical (unpaired) electrons. The fourth-order valence-electron chi connectivity index (χ4n) is 5.31. The van der Waals surface area contributed by atoms with Crippen molar-refractivity contribution in [2.24, 2.45) is 0 Å². The number of para-hydroxylation sites is 1. The first-order chi connectivity index (χ1) is 20.2. The van der Waals surface area contributed by atoms with Crippen molar-refractivity contribution in [3.05, 3.63) is 101 Å². The summed E-state index contributed by atoms with van der Waals surface area (Å²) < 4.78 is 36.8. The van der Waals surface area contributed by atoms with E-state index in [0.29, 0.717) is 22.2 Å². The Morgan fingerprint density at radius 1 is 1.05 bits per heavy atom. The van der Waals surface area contributed by atoms with Crippen molar-refractivity contribution in [3.63, 3.8) is 0 Å². The molecule has 42 heavy (non-hydrogen) atoms. The molecule has 0 bridgehead atoms. The largest absolute Gasteiger partial charge is 0.465 e. The van der Waals surface area contributed by atoms with Gasteiger partial charge in [0, 0.05) is 34.7 Å². The number of ether oxygens (including phenoxy) is 1. The van der Waals surface area contributed by atoms with Crippen LogP contribution in [0.1, 0.15) is 35.7 Å². The maximum absolute atomic E-state index is 14.2. The molecule has 0 amide bonds. The Labute approximate surface area is 245 Å². The van der Waals surface area contributed by atoms with E-state index in [1.54, 1.807) is 43.5 Å². The minimum absolute atomic E-state index is 0.0262. The second-order valence-corrected chi connectivity index (χ2v) is 12.0. The number of carbonyl (C=O) groups excluding carboxylic acids is 1. The van der Waals surface area contributed by atoms with Crippen molar-refractivity contribution < 1.29 is 17.9 Å². The molecule has 0 spiro atoms. The number of rotatable bonds is 10. The van der Waals surface area contributed by atoms with E-state index in [9.17, 15) is 13.2 Å². The lowest BCUT2D eigenvalue weighted by Crippen LogP contribution is -2.36. The van der Waals surface area contributed by atoms with Gasteiger partial charge in [-0.15, -0.1) is 0 Å². The van der Waals surface area contributed by atoms with Crippen LogP contribution >= 0.6 is 0 Å². The SMILES string of the molecule is CCOC(=O)CN(c1ccc2c(c1)c(C)c(C)n2CCCc1ccc(C#N)cc1)S(=O)(=O)c1cccc2cccnc12. The van der Waals surface area contributed by atoms with E-state index in [1.165, 1.54) is 11.6 Å². The molecule has 3 aromatic carbocycles. The van der Waals surface area contributed by atoms with Crippen molar-refractivity contribution >= 4 is 43.5 Å². The van der Waals surface area contributed by atoms with Crippen LogP contribution in [-0.2, 0) is 32.5 Å². The minimum atomic E-state index is -4.19. The van der Waals surface area contributed by atoms with Crippen LogP contribution in [0.5, 0.6) is 0 Å². The van der Waals surface area contributed by atoms with E-state index in [-0.39, 0.29) is 11.5 Å². The van der Waals surface area contributed by atoms with Crippen LogP contribution in [0.15, 0.2) is 83.9 Å². The molecule has 0 aliphatic rings. The van der Waals surface area contributed by atoms with Crippen molar-refractivity contribution in [1.29, 1.82) is 5.26 Å². The molecule has 5 rings (SSSR count). The van der Waals surface area contributed by atoms with Gasteiger partial charge in [0.25, 0.3) is 10.0 Å². The third kappa shape index (κ3) is 5.58. The van der Waals surface area contributed by atoms with Crippen LogP contribution in [0.4, 0.5) is 5.69 Å². The van der Waals surface area contributed by atoms with E-state index in [2.05, 4.69) is 22.5 Å². The van der Waals surface area contributed by atoms with Crippen LogP contribution in [-0.4, -0.2) is 37.1 Å². The number of pyridine rings is 1. The van der Waals surface area contributed by atoms with Gasteiger partial charge in [0.2, 0.25) is 0 Å². The number of benzene rings is 3. The molecule has 0 aliphatic heterocycles. The number of aryl methyl sites for hydroxylation is 3. The molecule has 0 aliphatic carbocycles. The van der Waals surface area contributed by atoms with Crippen molar-refractivity contribution in [2.45, 2.75) is 45.1 Å². The molecule has 5 aromatic rings. The lowest BCUT2D eigenvalue weighted by Gasteiger charge is -2.24. The highest BCUT2D eigenvalue weighted by Crippen LogP contribution is 2.33. The number of hydrogen-bond donors (Lipinski definition) is 0. The first kappa shape index (κ1) is 28.8. The van der Waals surface area contributed by atoms with Gasteiger partial charge in [-0.25, -0.2) is 8.42 Å². The van der Waals surface area contributed by atoms with E-state index in [1.807, 2.05) is 43.3 Å². The summed E-state index contributed by atoms with van der Waals surface area (Å²) in [5.41, 5.74) is 5.68.